The SMILES string of the molecule is C=CCCn1c(=S)[nH]c2cc(C(F)F)ccc21. The number of rotatable bonds is 4. The highest BCUT2D eigenvalue weighted by molar-refractivity contribution is 7.71. The van der Waals surface area contributed by atoms with Crippen molar-refractivity contribution in [2.45, 2.75) is 19.4 Å². The van der Waals surface area contributed by atoms with Crippen molar-refractivity contribution in [2.75, 3.05) is 0 Å². The molecule has 1 heterocycles. The lowest BCUT2D eigenvalue weighted by Gasteiger charge is -2.03. The van der Waals surface area contributed by atoms with E-state index in [2.05, 4.69) is 11.6 Å². The van der Waals surface area contributed by atoms with Crippen LogP contribution < -0.4 is 0 Å². The number of hydrogen-bond acceptors (Lipinski definition) is 1. The molecule has 2 nitrogen and oxygen atoms in total. The molecule has 1 N–H and O–H groups in total. The first-order chi connectivity index (χ1) is 8.13. The van der Waals surface area contributed by atoms with Crippen LogP contribution in [0.5, 0.6) is 0 Å². The summed E-state index contributed by atoms with van der Waals surface area (Å²) in [4.78, 5) is 2.94. The van der Waals surface area contributed by atoms with Gasteiger partial charge in [-0.05, 0) is 30.8 Å². The van der Waals surface area contributed by atoms with Gasteiger partial charge in [-0.1, -0.05) is 12.1 Å². The standard InChI is InChI=1S/C12H12F2N2S/c1-2-3-6-16-10-5-4-8(11(13)14)7-9(10)15-12(16)17/h2,4-5,7,11H,1,3,6H2,(H,15,17). The number of aryl methyl sites for hydroxylation is 1. The summed E-state index contributed by atoms with van der Waals surface area (Å²) in [6.07, 6.45) is 0.129. The molecular formula is C12H12F2N2S. The Hall–Kier alpha value is -1.49. The van der Waals surface area contributed by atoms with Crippen LogP contribution in [0.1, 0.15) is 18.4 Å². The zero-order chi connectivity index (χ0) is 12.4. The fourth-order valence-electron chi connectivity index (χ4n) is 1.76. The van der Waals surface area contributed by atoms with E-state index >= 15 is 0 Å². The number of imidazole rings is 1. The molecule has 0 unspecified atom stereocenters. The van der Waals surface area contributed by atoms with Crippen LogP contribution in [0.15, 0.2) is 30.9 Å². The van der Waals surface area contributed by atoms with Gasteiger partial charge in [-0.2, -0.15) is 0 Å². The van der Waals surface area contributed by atoms with E-state index in [0.717, 1.165) is 11.9 Å². The van der Waals surface area contributed by atoms with Crippen molar-refractivity contribution in [1.29, 1.82) is 0 Å². The van der Waals surface area contributed by atoms with Gasteiger partial charge in [0.05, 0.1) is 11.0 Å². The molecule has 17 heavy (non-hydrogen) atoms. The highest BCUT2D eigenvalue weighted by atomic mass is 32.1. The number of allylic oxidation sites excluding steroid dienone is 1. The third-order valence-electron chi connectivity index (χ3n) is 2.61. The molecule has 0 aliphatic rings. The number of aromatic nitrogens is 2. The predicted octanol–water partition coefficient (Wildman–Crippen LogP) is 4.21. The number of fused-ring (bicyclic) bond motifs is 1. The molecule has 0 atom stereocenters. The maximum atomic E-state index is 12.5. The summed E-state index contributed by atoms with van der Waals surface area (Å²) in [7, 11) is 0. The van der Waals surface area contributed by atoms with E-state index in [1.54, 1.807) is 12.1 Å². The van der Waals surface area contributed by atoms with E-state index < -0.39 is 6.43 Å². The van der Waals surface area contributed by atoms with Crippen molar-refractivity contribution in [3.63, 3.8) is 0 Å². The zero-order valence-electron chi connectivity index (χ0n) is 9.12. The summed E-state index contributed by atoms with van der Waals surface area (Å²) in [5.41, 5.74) is 1.50. The monoisotopic (exact) mass is 254 g/mol. The van der Waals surface area contributed by atoms with Crippen LogP contribution in [0.2, 0.25) is 0 Å². The van der Waals surface area contributed by atoms with Crippen LogP contribution in [-0.4, -0.2) is 9.55 Å². The number of alkyl halides is 2. The van der Waals surface area contributed by atoms with Crippen molar-refractivity contribution < 1.29 is 8.78 Å². The summed E-state index contributed by atoms with van der Waals surface area (Å²) < 4.78 is 27.5. The van der Waals surface area contributed by atoms with Crippen LogP contribution in [0, 0.1) is 4.77 Å². The molecule has 0 saturated heterocycles. The number of aromatic amines is 1. The summed E-state index contributed by atoms with van der Waals surface area (Å²) in [5, 5.41) is 0. The molecule has 0 radical (unpaired) electrons. The normalized spacial score (nSPS) is 11.2. The second-order valence-corrected chi connectivity index (χ2v) is 4.12. The number of H-pyrrole nitrogens is 1. The van der Waals surface area contributed by atoms with Gasteiger partial charge in [-0.15, -0.1) is 6.58 Å². The second kappa shape index (κ2) is 4.79. The van der Waals surface area contributed by atoms with Crippen molar-refractivity contribution in [3.8, 4) is 0 Å². The van der Waals surface area contributed by atoms with Crippen molar-refractivity contribution in [2.24, 2.45) is 0 Å². The smallest absolute Gasteiger partial charge is 0.263 e. The molecule has 0 spiro atoms. The summed E-state index contributed by atoms with van der Waals surface area (Å²) >= 11 is 5.16. The zero-order valence-corrected chi connectivity index (χ0v) is 9.94. The van der Waals surface area contributed by atoms with Crippen LogP contribution in [0.3, 0.4) is 0 Å². The Kier molecular flexibility index (Phi) is 3.38. The van der Waals surface area contributed by atoms with E-state index in [4.69, 9.17) is 12.2 Å². The molecule has 0 amide bonds. The molecule has 2 aromatic rings. The Morgan fingerprint density at radius 1 is 1.47 bits per heavy atom. The van der Waals surface area contributed by atoms with Gasteiger partial charge < -0.3 is 9.55 Å². The first kappa shape index (κ1) is 12.0. The second-order valence-electron chi connectivity index (χ2n) is 3.74. The largest absolute Gasteiger partial charge is 0.331 e. The Morgan fingerprint density at radius 2 is 2.24 bits per heavy atom. The average Bonchev–Trinajstić information content (AvgIpc) is 2.61. The lowest BCUT2D eigenvalue weighted by molar-refractivity contribution is 0.151. The molecule has 1 aromatic carbocycles. The maximum Gasteiger partial charge on any atom is 0.263 e. The number of hydrogen-bond donors (Lipinski definition) is 1. The van der Waals surface area contributed by atoms with Crippen molar-refractivity contribution in [3.05, 3.63) is 41.2 Å². The Bertz CT molecular complexity index is 598. The van der Waals surface area contributed by atoms with Crippen molar-refractivity contribution >= 4 is 23.3 Å². The molecule has 0 aliphatic heterocycles. The molecule has 0 bridgehead atoms. The molecular weight excluding hydrogens is 242 g/mol. The fraction of sp³-hybridized carbons (Fsp3) is 0.250. The van der Waals surface area contributed by atoms with Crippen LogP contribution in [0.25, 0.3) is 11.0 Å². The van der Waals surface area contributed by atoms with Gasteiger partial charge in [0.1, 0.15) is 0 Å². The summed E-state index contributed by atoms with van der Waals surface area (Å²) in [6.45, 7) is 4.36. The molecule has 0 saturated carbocycles. The highest BCUT2D eigenvalue weighted by Gasteiger charge is 2.10. The third kappa shape index (κ3) is 2.29. The van der Waals surface area contributed by atoms with Crippen LogP contribution >= 0.6 is 12.2 Å². The first-order valence-corrected chi connectivity index (χ1v) is 5.66. The lowest BCUT2D eigenvalue weighted by atomic mass is 10.2. The van der Waals surface area contributed by atoms with E-state index in [9.17, 15) is 8.78 Å². The minimum atomic E-state index is -2.46. The minimum Gasteiger partial charge on any atom is -0.331 e. The van der Waals surface area contributed by atoms with Gasteiger partial charge in [0.15, 0.2) is 4.77 Å². The topological polar surface area (TPSA) is 20.7 Å². The molecule has 0 fully saturated rings. The van der Waals surface area contributed by atoms with E-state index in [-0.39, 0.29) is 5.56 Å². The van der Waals surface area contributed by atoms with E-state index in [1.165, 1.54) is 12.1 Å². The molecule has 5 heteroatoms. The third-order valence-corrected chi connectivity index (χ3v) is 2.93. The predicted molar refractivity (Wildman–Crippen MR) is 66.9 cm³/mol. The fourth-order valence-corrected chi connectivity index (χ4v) is 2.06. The first-order valence-electron chi connectivity index (χ1n) is 5.25. The summed E-state index contributed by atoms with van der Waals surface area (Å²) in [6, 6.07) is 4.55. The van der Waals surface area contributed by atoms with E-state index in [1.807, 2.05) is 4.57 Å². The van der Waals surface area contributed by atoms with E-state index in [0.29, 0.717) is 16.8 Å². The minimum absolute atomic E-state index is 0.00428. The van der Waals surface area contributed by atoms with Crippen LogP contribution in [0.4, 0.5) is 8.78 Å². The maximum absolute atomic E-state index is 12.5. The van der Waals surface area contributed by atoms with Crippen molar-refractivity contribution in [1.82, 2.24) is 9.55 Å². The molecule has 1 aromatic heterocycles. The molecule has 0 aliphatic carbocycles. The Labute approximate surface area is 103 Å². The van der Waals surface area contributed by atoms with Gasteiger partial charge in [0.25, 0.3) is 6.43 Å². The summed E-state index contributed by atoms with van der Waals surface area (Å²) in [5.74, 6) is 0. The number of nitrogens with one attached hydrogen (secondary N) is 1. The molecule has 90 valence electrons. The quantitative estimate of drug-likeness (QED) is 0.640. The lowest BCUT2D eigenvalue weighted by Crippen LogP contribution is -1.96. The van der Waals surface area contributed by atoms with Gasteiger partial charge >= 0.3 is 0 Å². The number of benzene rings is 1. The molecule has 2 rings (SSSR count). The number of halogens is 2. The van der Waals surface area contributed by atoms with Gasteiger partial charge in [-0.3, -0.25) is 0 Å². The van der Waals surface area contributed by atoms with Gasteiger partial charge in [-0.25, -0.2) is 8.78 Å². The highest BCUT2D eigenvalue weighted by Crippen LogP contribution is 2.23. The average molecular weight is 254 g/mol. The van der Waals surface area contributed by atoms with Gasteiger partial charge in [0, 0.05) is 12.1 Å². The Morgan fingerprint density at radius 3 is 2.88 bits per heavy atom. The van der Waals surface area contributed by atoms with Gasteiger partial charge in [0.2, 0.25) is 0 Å². The number of nitrogens with zero attached hydrogens (tertiary/aromatic N) is 1. The van der Waals surface area contributed by atoms with Crippen LogP contribution in [-0.2, 0) is 6.54 Å². The Balaban J connectivity index is 2.52.